The minimum Gasteiger partial charge on any atom is -0.310 e. The third-order valence-electron chi connectivity index (χ3n) is 2.90. The number of nitrogens with one attached hydrogen (secondary N) is 1. The van der Waals surface area contributed by atoms with Crippen LogP contribution in [0.25, 0.3) is 0 Å². The molecule has 0 bridgehead atoms. The molecule has 1 unspecified atom stereocenters. The smallest absolute Gasteiger partial charge is 0.0417 e. The lowest BCUT2D eigenvalue weighted by Gasteiger charge is -2.16. The van der Waals surface area contributed by atoms with Gasteiger partial charge in [-0.3, -0.25) is 0 Å². The van der Waals surface area contributed by atoms with Gasteiger partial charge >= 0.3 is 0 Å². The van der Waals surface area contributed by atoms with Gasteiger partial charge in [-0.05, 0) is 36.4 Å². The summed E-state index contributed by atoms with van der Waals surface area (Å²) >= 11 is 1.84. The number of benzene rings is 1. The van der Waals surface area contributed by atoms with Gasteiger partial charge < -0.3 is 5.32 Å². The molecule has 0 saturated heterocycles. The van der Waals surface area contributed by atoms with Crippen LogP contribution in [-0.2, 0) is 6.42 Å². The molecular weight excluding hydrogens is 226 g/mol. The number of aryl methyl sites for hydroxylation is 1. The highest BCUT2D eigenvalue weighted by molar-refractivity contribution is 7.10. The number of rotatable bonds is 6. The van der Waals surface area contributed by atoms with E-state index in [-0.39, 0.29) is 0 Å². The van der Waals surface area contributed by atoms with Crippen molar-refractivity contribution >= 4 is 11.3 Å². The van der Waals surface area contributed by atoms with Crippen molar-refractivity contribution in [3.05, 3.63) is 58.3 Å². The fourth-order valence-electron chi connectivity index (χ4n) is 2.04. The van der Waals surface area contributed by atoms with Gasteiger partial charge in [0.15, 0.2) is 0 Å². The van der Waals surface area contributed by atoms with Crippen molar-refractivity contribution in [2.24, 2.45) is 0 Å². The monoisotopic (exact) mass is 245 g/mol. The summed E-state index contributed by atoms with van der Waals surface area (Å²) in [5, 5.41) is 5.72. The molecule has 90 valence electrons. The van der Waals surface area contributed by atoms with E-state index in [2.05, 4.69) is 60.1 Å². The van der Waals surface area contributed by atoms with E-state index in [1.54, 1.807) is 0 Å². The summed E-state index contributed by atoms with van der Waals surface area (Å²) in [5.74, 6) is 0. The molecule has 1 aromatic heterocycles. The van der Waals surface area contributed by atoms with E-state index in [0.717, 1.165) is 13.0 Å². The number of hydrogen-bond donors (Lipinski definition) is 1. The van der Waals surface area contributed by atoms with Gasteiger partial charge in [-0.2, -0.15) is 0 Å². The number of thiophene rings is 1. The Bertz CT molecular complexity index is 408. The number of hydrogen-bond acceptors (Lipinski definition) is 2. The third-order valence-corrected chi connectivity index (χ3v) is 3.89. The molecule has 2 heteroatoms. The van der Waals surface area contributed by atoms with Gasteiger partial charge in [0.05, 0.1) is 0 Å². The Labute approximate surface area is 108 Å². The van der Waals surface area contributed by atoms with Gasteiger partial charge in [-0.1, -0.05) is 43.3 Å². The topological polar surface area (TPSA) is 12.0 Å². The van der Waals surface area contributed by atoms with Crippen LogP contribution in [0.1, 0.15) is 29.8 Å². The van der Waals surface area contributed by atoms with Crippen molar-refractivity contribution in [2.75, 3.05) is 6.54 Å². The highest BCUT2D eigenvalue weighted by Crippen LogP contribution is 2.23. The second-order valence-corrected chi connectivity index (χ2v) is 5.13. The first-order chi connectivity index (χ1) is 8.40. The van der Waals surface area contributed by atoms with E-state index in [0.29, 0.717) is 6.04 Å². The van der Waals surface area contributed by atoms with Gasteiger partial charge in [0.25, 0.3) is 0 Å². The lowest BCUT2D eigenvalue weighted by atomic mass is 10.0. The van der Waals surface area contributed by atoms with Crippen LogP contribution in [0.15, 0.2) is 47.8 Å². The second-order valence-electron chi connectivity index (χ2n) is 4.15. The van der Waals surface area contributed by atoms with Crippen LogP contribution < -0.4 is 5.32 Å². The Morgan fingerprint density at radius 1 is 1.12 bits per heavy atom. The molecule has 2 aromatic rings. The predicted octanol–water partition coefficient (Wildman–Crippen LogP) is 4.03. The largest absolute Gasteiger partial charge is 0.310 e. The van der Waals surface area contributed by atoms with Crippen molar-refractivity contribution in [2.45, 2.75) is 25.8 Å². The maximum absolute atomic E-state index is 3.57. The summed E-state index contributed by atoms with van der Waals surface area (Å²) in [6.45, 7) is 3.19. The fraction of sp³-hybridized carbons (Fsp3) is 0.333. The van der Waals surface area contributed by atoms with Gasteiger partial charge in [0.1, 0.15) is 0 Å². The zero-order valence-corrected chi connectivity index (χ0v) is 11.0. The van der Waals surface area contributed by atoms with E-state index in [9.17, 15) is 0 Å². The van der Waals surface area contributed by atoms with Gasteiger partial charge in [-0.25, -0.2) is 0 Å². The summed E-state index contributed by atoms with van der Waals surface area (Å²) in [6.07, 6.45) is 2.30. The maximum atomic E-state index is 3.57. The Morgan fingerprint density at radius 2 is 1.94 bits per heavy atom. The molecular formula is C15H19NS. The Morgan fingerprint density at radius 3 is 2.59 bits per heavy atom. The summed E-state index contributed by atoms with van der Waals surface area (Å²) in [6, 6.07) is 15.6. The third kappa shape index (κ3) is 3.69. The fourth-order valence-corrected chi connectivity index (χ4v) is 2.87. The van der Waals surface area contributed by atoms with Crippen LogP contribution in [0.4, 0.5) is 0 Å². The normalized spacial score (nSPS) is 12.5. The molecule has 0 aliphatic heterocycles. The van der Waals surface area contributed by atoms with Crippen LogP contribution in [0.2, 0.25) is 0 Å². The molecule has 1 atom stereocenters. The van der Waals surface area contributed by atoms with Crippen molar-refractivity contribution in [3.63, 3.8) is 0 Å². The standard InChI is InChI=1S/C15H19NS/c1-2-16-14(15-9-6-12-17-15)11-10-13-7-4-3-5-8-13/h3-9,12,14,16H,2,10-11H2,1H3. The van der Waals surface area contributed by atoms with Crippen molar-refractivity contribution in [1.82, 2.24) is 5.32 Å². The molecule has 0 saturated carbocycles. The first kappa shape index (κ1) is 12.3. The Balaban J connectivity index is 1.95. The average Bonchev–Trinajstić information content (AvgIpc) is 2.89. The molecule has 1 N–H and O–H groups in total. The first-order valence-electron chi connectivity index (χ1n) is 6.21. The minimum absolute atomic E-state index is 0.500. The highest BCUT2D eigenvalue weighted by Gasteiger charge is 2.10. The SMILES string of the molecule is CCNC(CCc1ccccc1)c1cccs1. The zero-order valence-electron chi connectivity index (χ0n) is 10.2. The lowest BCUT2D eigenvalue weighted by Crippen LogP contribution is -2.20. The van der Waals surface area contributed by atoms with Crippen LogP contribution in [0, 0.1) is 0 Å². The molecule has 1 aromatic carbocycles. The van der Waals surface area contributed by atoms with E-state index >= 15 is 0 Å². The molecule has 0 aliphatic rings. The predicted molar refractivity (Wildman–Crippen MR) is 75.5 cm³/mol. The molecule has 0 spiro atoms. The molecule has 0 radical (unpaired) electrons. The van der Waals surface area contributed by atoms with Crippen molar-refractivity contribution in [3.8, 4) is 0 Å². The average molecular weight is 245 g/mol. The molecule has 1 heterocycles. The van der Waals surface area contributed by atoms with Crippen LogP contribution in [-0.4, -0.2) is 6.54 Å². The van der Waals surface area contributed by atoms with Crippen molar-refractivity contribution < 1.29 is 0 Å². The summed E-state index contributed by atoms with van der Waals surface area (Å²) < 4.78 is 0. The van der Waals surface area contributed by atoms with E-state index in [1.165, 1.54) is 16.9 Å². The molecule has 1 nitrogen and oxygen atoms in total. The quantitative estimate of drug-likeness (QED) is 0.810. The summed E-state index contributed by atoms with van der Waals surface area (Å²) in [4.78, 5) is 1.45. The summed E-state index contributed by atoms with van der Waals surface area (Å²) in [5.41, 5.74) is 1.42. The minimum atomic E-state index is 0.500. The van der Waals surface area contributed by atoms with E-state index in [1.807, 2.05) is 11.3 Å². The van der Waals surface area contributed by atoms with Crippen LogP contribution in [0.5, 0.6) is 0 Å². The maximum Gasteiger partial charge on any atom is 0.0417 e. The molecule has 0 amide bonds. The Kier molecular flexibility index (Phi) is 4.77. The van der Waals surface area contributed by atoms with E-state index < -0.39 is 0 Å². The lowest BCUT2D eigenvalue weighted by molar-refractivity contribution is 0.523. The van der Waals surface area contributed by atoms with Gasteiger partial charge in [-0.15, -0.1) is 11.3 Å². The van der Waals surface area contributed by atoms with Gasteiger partial charge in [0.2, 0.25) is 0 Å². The molecule has 0 fully saturated rings. The van der Waals surface area contributed by atoms with E-state index in [4.69, 9.17) is 0 Å². The summed E-state index contributed by atoms with van der Waals surface area (Å²) in [7, 11) is 0. The zero-order chi connectivity index (χ0) is 11.9. The van der Waals surface area contributed by atoms with Crippen molar-refractivity contribution in [1.29, 1.82) is 0 Å². The Hall–Kier alpha value is -1.12. The van der Waals surface area contributed by atoms with Crippen LogP contribution in [0.3, 0.4) is 0 Å². The van der Waals surface area contributed by atoms with Gasteiger partial charge in [0, 0.05) is 10.9 Å². The first-order valence-corrected chi connectivity index (χ1v) is 7.09. The molecule has 2 rings (SSSR count). The molecule has 0 aliphatic carbocycles. The van der Waals surface area contributed by atoms with Crippen LogP contribution >= 0.6 is 11.3 Å². The molecule has 17 heavy (non-hydrogen) atoms. The second kappa shape index (κ2) is 6.58. The highest BCUT2D eigenvalue weighted by atomic mass is 32.1.